The van der Waals surface area contributed by atoms with Crippen LogP contribution in [0.1, 0.15) is 13.8 Å². The zero-order valence-electron chi connectivity index (χ0n) is 13.1. The van der Waals surface area contributed by atoms with Gasteiger partial charge in [-0.25, -0.2) is 4.98 Å². The monoisotopic (exact) mass is 296 g/mol. The van der Waals surface area contributed by atoms with E-state index in [1.54, 1.807) is 12.0 Å². The molecule has 1 atom stereocenters. The van der Waals surface area contributed by atoms with Crippen LogP contribution in [0.2, 0.25) is 0 Å². The first kappa shape index (κ1) is 14.7. The zero-order chi connectivity index (χ0) is 15.7. The molecule has 0 radical (unpaired) electrons. The van der Waals surface area contributed by atoms with Gasteiger partial charge in [0.1, 0.15) is 11.9 Å². The fourth-order valence-corrected chi connectivity index (χ4v) is 3.00. The van der Waals surface area contributed by atoms with E-state index < -0.39 is 6.10 Å². The molecular formula is C18H20N2O2. The number of anilines is 1. The zero-order valence-corrected chi connectivity index (χ0v) is 13.1. The van der Waals surface area contributed by atoms with Crippen LogP contribution in [-0.2, 0) is 9.53 Å². The molecule has 0 spiro atoms. The van der Waals surface area contributed by atoms with Gasteiger partial charge < -0.3 is 4.74 Å². The summed E-state index contributed by atoms with van der Waals surface area (Å²) in [5.41, 5.74) is 1.94. The molecule has 3 rings (SSSR count). The second-order valence-corrected chi connectivity index (χ2v) is 6.30. The molecule has 114 valence electrons. The Morgan fingerprint density at radius 1 is 1.14 bits per heavy atom. The molecular weight excluding hydrogens is 276 g/mol. The van der Waals surface area contributed by atoms with Gasteiger partial charge in [0, 0.05) is 30.8 Å². The quantitative estimate of drug-likeness (QED) is 0.874. The van der Waals surface area contributed by atoms with Crippen LogP contribution in [0.5, 0.6) is 0 Å². The molecule has 1 saturated heterocycles. The van der Waals surface area contributed by atoms with Gasteiger partial charge in [-0.15, -0.1) is 0 Å². The van der Waals surface area contributed by atoms with E-state index in [9.17, 15) is 4.79 Å². The molecule has 22 heavy (non-hydrogen) atoms. The highest BCUT2D eigenvalue weighted by atomic mass is 16.5. The third-order valence-corrected chi connectivity index (χ3v) is 4.13. The molecule has 0 N–H and O–H groups in total. The highest BCUT2D eigenvalue weighted by Crippen LogP contribution is 2.35. The SMILES string of the molecule is COC1C(=O)N(c2ccc(-c3ccccc3)cn2)CC1(C)C. The van der Waals surface area contributed by atoms with Crippen molar-refractivity contribution < 1.29 is 9.53 Å². The molecule has 1 aromatic heterocycles. The van der Waals surface area contributed by atoms with Gasteiger partial charge >= 0.3 is 0 Å². The van der Waals surface area contributed by atoms with Gasteiger partial charge in [-0.1, -0.05) is 44.2 Å². The van der Waals surface area contributed by atoms with Crippen molar-refractivity contribution in [1.82, 2.24) is 4.98 Å². The maximum absolute atomic E-state index is 12.5. The number of carbonyl (C=O) groups is 1. The summed E-state index contributed by atoms with van der Waals surface area (Å²) < 4.78 is 5.36. The summed E-state index contributed by atoms with van der Waals surface area (Å²) >= 11 is 0. The maximum Gasteiger partial charge on any atom is 0.257 e. The Morgan fingerprint density at radius 3 is 2.41 bits per heavy atom. The first-order chi connectivity index (χ1) is 10.5. The first-order valence-corrected chi connectivity index (χ1v) is 7.38. The average molecular weight is 296 g/mol. The smallest absolute Gasteiger partial charge is 0.257 e. The van der Waals surface area contributed by atoms with Crippen molar-refractivity contribution in [1.29, 1.82) is 0 Å². The number of hydrogen-bond donors (Lipinski definition) is 0. The Hall–Kier alpha value is -2.20. The third kappa shape index (κ3) is 2.50. The number of hydrogen-bond acceptors (Lipinski definition) is 3. The van der Waals surface area contributed by atoms with E-state index in [2.05, 4.69) is 4.98 Å². The number of ether oxygens (including phenoxy) is 1. The third-order valence-electron chi connectivity index (χ3n) is 4.13. The molecule has 0 saturated carbocycles. The molecule has 1 amide bonds. The Morgan fingerprint density at radius 2 is 1.86 bits per heavy atom. The number of aromatic nitrogens is 1. The topological polar surface area (TPSA) is 42.4 Å². The van der Waals surface area contributed by atoms with Gasteiger partial charge in [0.2, 0.25) is 0 Å². The fourth-order valence-electron chi connectivity index (χ4n) is 3.00. The lowest BCUT2D eigenvalue weighted by Gasteiger charge is -2.21. The van der Waals surface area contributed by atoms with Crippen molar-refractivity contribution in [3.05, 3.63) is 48.7 Å². The van der Waals surface area contributed by atoms with Gasteiger partial charge in [0.15, 0.2) is 0 Å². The van der Waals surface area contributed by atoms with E-state index in [0.29, 0.717) is 12.4 Å². The molecule has 1 aromatic carbocycles. The van der Waals surface area contributed by atoms with E-state index in [0.717, 1.165) is 11.1 Å². The van der Waals surface area contributed by atoms with Gasteiger partial charge in [0.25, 0.3) is 5.91 Å². The molecule has 1 aliphatic rings. The number of amides is 1. The number of rotatable bonds is 3. The summed E-state index contributed by atoms with van der Waals surface area (Å²) in [5.74, 6) is 0.657. The summed E-state index contributed by atoms with van der Waals surface area (Å²) in [5, 5.41) is 0. The lowest BCUT2D eigenvalue weighted by atomic mass is 9.90. The number of carbonyl (C=O) groups excluding carboxylic acids is 1. The summed E-state index contributed by atoms with van der Waals surface area (Å²) in [6.07, 6.45) is 1.40. The second kappa shape index (κ2) is 5.54. The minimum Gasteiger partial charge on any atom is -0.371 e. The number of methoxy groups -OCH3 is 1. The fraction of sp³-hybridized carbons (Fsp3) is 0.333. The van der Waals surface area contributed by atoms with E-state index in [4.69, 9.17) is 4.74 Å². The van der Waals surface area contributed by atoms with Crippen LogP contribution in [0.4, 0.5) is 5.82 Å². The first-order valence-electron chi connectivity index (χ1n) is 7.38. The number of pyridine rings is 1. The molecule has 0 bridgehead atoms. The minimum atomic E-state index is -0.414. The van der Waals surface area contributed by atoms with E-state index in [1.165, 1.54) is 0 Å². The Bertz CT molecular complexity index is 665. The van der Waals surface area contributed by atoms with Crippen LogP contribution < -0.4 is 4.90 Å². The Labute approximate surface area is 130 Å². The van der Waals surface area contributed by atoms with Crippen molar-refractivity contribution in [3.63, 3.8) is 0 Å². The van der Waals surface area contributed by atoms with E-state index in [1.807, 2.05) is 62.5 Å². The highest BCUT2D eigenvalue weighted by Gasteiger charge is 2.47. The van der Waals surface area contributed by atoms with Gasteiger partial charge in [0.05, 0.1) is 0 Å². The molecule has 4 nitrogen and oxygen atoms in total. The summed E-state index contributed by atoms with van der Waals surface area (Å²) in [6, 6.07) is 14.0. The van der Waals surface area contributed by atoms with Crippen molar-refractivity contribution >= 4 is 11.7 Å². The van der Waals surface area contributed by atoms with Crippen molar-refractivity contribution in [2.24, 2.45) is 5.41 Å². The lowest BCUT2D eigenvalue weighted by molar-refractivity contribution is -0.128. The summed E-state index contributed by atoms with van der Waals surface area (Å²) in [6.45, 7) is 4.69. The van der Waals surface area contributed by atoms with Gasteiger partial charge in [-0.3, -0.25) is 9.69 Å². The van der Waals surface area contributed by atoms with Crippen LogP contribution >= 0.6 is 0 Å². The largest absolute Gasteiger partial charge is 0.371 e. The number of nitrogens with zero attached hydrogens (tertiary/aromatic N) is 2. The van der Waals surface area contributed by atoms with Crippen LogP contribution in [0.15, 0.2) is 48.7 Å². The lowest BCUT2D eigenvalue weighted by Crippen LogP contribution is -2.33. The predicted molar refractivity (Wildman–Crippen MR) is 86.6 cm³/mol. The van der Waals surface area contributed by atoms with E-state index >= 15 is 0 Å². The van der Waals surface area contributed by atoms with Crippen molar-refractivity contribution in [3.8, 4) is 11.1 Å². The Kier molecular flexibility index (Phi) is 3.71. The highest BCUT2D eigenvalue weighted by molar-refractivity contribution is 5.99. The summed E-state index contributed by atoms with van der Waals surface area (Å²) in [4.78, 5) is 18.7. The van der Waals surface area contributed by atoms with Crippen LogP contribution in [-0.4, -0.2) is 30.6 Å². The molecule has 2 heterocycles. The molecule has 1 fully saturated rings. The van der Waals surface area contributed by atoms with Gasteiger partial charge in [-0.2, -0.15) is 0 Å². The maximum atomic E-state index is 12.5. The van der Waals surface area contributed by atoms with Crippen molar-refractivity contribution in [2.45, 2.75) is 20.0 Å². The standard InChI is InChI=1S/C18H20N2O2/c1-18(2)12-20(17(21)16(18)22-3)15-10-9-14(11-19-15)13-7-5-4-6-8-13/h4-11,16H,12H2,1-3H3. The Balaban J connectivity index is 1.87. The molecule has 1 unspecified atom stereocenters. The second-order valence-electron chi connectivity index (χ2n) is 6.30. The van der Waals surface area contributed by atoms with E-state index in [-0.39, 0.29) is 11.3 Å². The summed E-state index contributed by atoms with van der Waals surface area (Å²) in [7, 11) is 1.58. The molecule has 2 aromatic rings. The predicted octanol–water partition coefficient (Wildman–Crippen LogP) is 3.14. The molecule has 0 aliphatic carbocycles. The van der Waals surface area contributed by atoms with Crippen LogP contribution in [0.3, 0.4) is 0 Å². The van der Waals surface area contributed by atoms with Crippen LogP contribution in [0.25, 0.3) is 11.1 Å². The minimum absolute atomic E-state index is 0.0209. The van der Waals surface area contributed by atoms with Crippen LogP contribution in [0, 0.1) is 5.41 Å². The average Bonchev–Trinajstić information content (AvgIpc) is 2.77. The van der Waals surface area contributed by atoms with Crippen molar-refractivity contribution in [2.75, 3.05) is 18.6 Å². The normalized spacial score (nSPS) is 20.4. The molecule has 4 heteroatoms. The van der Waals surface area contributed by atoms with Gasteiger partial charge in [-0.05, 0) is 17.7 Å². The molecule has 1 aliphatic heterocycles. The number of benzene rings is 1.